The van der Waals surface area contributed by atoms with Gasteiger partial charge in [0.2, 0.25) is 5.91 Å². The van der Waals surface area contributed by atoms with Crippen molar-refractivity contribution in [2.24, 2.45) is 0 Å². The fourth-order valence-electron chi connectivity index (χ4n) is 1.79. The van der Waals surface area contributed by atoms with Crippen LogP contribution in [-0.4, -0.2) is 19.1 Å². The number of hydrogen-bond donors (Lipinski definition) is 1. The Morgan fingerprint density at radius 1 is 1.26 bits per heavy atom. The van der Waals surface area contributed by atoms with Crippen LogP contribution in [0.15, 0.2) is 18.2 Å². The first-order chi connectivity index (χ1) is 9.15. The number of amides is 1. The molecule has 0 radical (unpaired) electrons. The van der Waals surface area contributed by atoms with E-state index in [1.54, 1.807) is 0 Å². The average molecular weight is 263 g/mol. The van der Waals surface area contributed by atoms with Crippen LogP contribution in [0.4, 0.5) is 0 Å². The van der Waals surface area contributed by atoms with Gasteiger partial charge in [0.1, 0.15) is 5.75 Å². The maximum absolute atomic E-state index is 11.5. The molecule has 3 nitrogen and oxygen atoms in total. The van der Waals surface area contributed by atoms with Gasteiger partial charge < -0.3 is 10.1 Å². The van der Waals surface area contributed by atoms with E-state index in [-0.39, 0.29) is 5.91 Å². The second-order valence-corrected chi connectivity index (χ2v) is 4.85. The number of rotatable bonds is 8. The standard InChI is InChI=1S/C16H25NO2/c1-4-5-11-17-16(18)10-7-12-19-15-9-6-8-13(2)14(15)3/h6,8-9H,4-5,7,10-12H2,1-3H3,(H,17,18). The van der Waals surface area contributed by atoms with Crippen molar-refractivity contribution in [3.63, 3.8) is 0 Å². The zero-order valence-corrected chi connectivity index (χ0v) is 12.3. The highest BCUT2D eigenvalue weighted by molar-refractivity contribution is 5.75. The molecule has 0 aliphatic carbocycles. The summed E-state index contributed by atoms with van der Waals surface area (Å²) in [5, 5.41) is 2.91. The number of aryl methyl sites for hydroxylation is 1. The molecule has 19 heavy (non-hydrogen) atoms. The number of unbranched alkanes of at least 4 members (excludes halogenated alkanes) is 1. The number of carbonyl (C=O) groups excluding carboxylic acids is 1. The molecule has 1 aromatic rings. The number of benzene rings is 1. The predicted octanol–water partition coefficient (Wildman–Crippen LogP) is 3.38. The van der Waals surface area contributed by atoms with E-state index in [0.717, 1.165) is 31.6 Å². The molecular formula is C16H25NO2. The maximum Gasteiger partial charge on any atom is 0.220 e. The molecule has 0 bridgehead atoms. The third kappa shape index (κ3) is 5.77. The van der Waals surface area contributed by atoms with Crippen LogP contribution in [0.3, 0.4) is 0 Å². The van der Waals surface area contributed by atoms with E-state index in [9.17, 15) is 4.79 Å². The molecule has 0 spiro atoms. The van der Waals surface area contributed by atoms with Crippen LogP contribution < -0.4 is 10.1 Å². The van der Waals surface area contributed by atoms with Gasteiger partial charge in [-0.15, -0.1) is 0 Å². The first-order valence-electron chi connectivity index (χ1n) is 7.11. The monoisotopic (exact) mass is 263 g/mol. The van der Waals surface area contributed by atoms with Crippen molar-refractivity contribution >= 4 is 5.91 Å². The van der Waals surface area contributed by atoms with Crippen molar-refractivity contribution in [1.29, 1.82) is 0 Å². The number of nitrogens with one attached hydrogen (secondary N) is 1. The van der Waals surface area contributed by atoms with Gasteiger partial charge in [0.05, 0.1) is 6.61 Å². The van der Waals surface area contributed by atoms with Crippen LogP contribution in [0.2, 0.25) is 0 Å². The molecule has 0 aromatic heterocycles. The van der Waals surface area contributed by atoms with Crippen molar-refractivity contribution in [3.8, 4) is 5.75 Å². The second-order valence-electron chi connectivity index (χ2n) is 4.85. The zero-order valence-electron chi connectivity index (χ0n) is 12.3. The SMILES string of the molecule is CCCCNC(=O)CCCOc1cccc(C)c1C. The van der Waals surface area contributed by atoms with Gasteiger partial charge in [-0.1, -0.05) is 25.5 Å². The summed E-state index contributed by atoms with van der Waals surface area (Å²) in [6.07, 6.45) is 3.45. The minimum absolute atomic E-state index is 0.123. The van der Waals surface area contributed by atoms with Gasteiger partial charge in [-0.05, 0) is 43.9 Å². The zero-order chi connectivity index (χ0) is 14.1. The van der Waals surface area contributed by atoms with Crippen molar-refractivity contribution in [1.82, 2.24) is 5.32 Å². The highest BCUT2D eigenvalue weighted by atomic mass is 16.5. The summed E-state index contributed by atoms with van der Waals surface area (Å²) in [7, 11) is 0. The normalized spacial score (nSPS) is 10.3. The summed E-state index contributed by atoms with van der Waals surface area (Å²) in [6.45, 7) is 7.62. The predicted molar refractivity (Wildman–Crippen MR) is 78.6 cm³/mol. The molecule has 1 amide bonds. The third-order valence-corrected chi connectivity index (χ3v) is 3.21. The van der Waals surface area contributed by atoms with E-state index in [1.807, 2.05) is 12.1 Å². The largest absolute Gasteiger partial charge is 0.493 e. The van der Waals surface area contributed by atoms with Crippen LogP contribution in [-0.2, 0) is 4.79 Å². The smallest absolute Gasteiger partial charge is 0.220 e. The molecule has 1 aromatic carbocycles. The molecular weight excluding hydrogens is 238 g/mol. The lowest BCUT2D eigenvalue weighted by Crippen LogP contribution is -2.24. The summed E-state index contributed by atoms with van der Waals surface area (Å²) in [5.74, 6) is 1.05. The van der Waals surface area contributed by atoms with Crippen LogP contribution in [0, 0.1) is 13.8 Å². The molecule has 1 N–H and O–H groups in total. The topological polar surface area (TPSA) is 38.3 Å². The van der Waals surface area contributed by atoms with Gasteiger partial charge >= 0.3 is 0 Å². The van der Waals surface area contributed by atoms with Gasteiger partial charge in [-0.2, -0.15) is 0 Å². The van der Waals surface area contributed by atoms with Gasteiger partial charge in [0.15, 0.2) is 0 Å². The molecule has 0 fully saturated rings. The first kappa shape index (κ1) is 15.5. The quantitative estimate of drug-likeness (QED) is 0.730. The van der Waals surface area contributed by atoms with Crippen LogP contribution in [0.25, 0.3) is 0 Å². The Morgan fingerprint density at radius 2 is 2.05 bits per heavy atom. The highest BCUT2D eigenvalue weighted by Gasteiger charge is 2.03. The Bertz CT molecular complexity index is 402. The molecule has 0 heterocycles. The van der Waals surface area contributed by atoms with Crippen molar-refractivity contribution in [2.45, 2.75) is 46.5 Å². The Kier molecular flexibility index (Phi) is 7.01. The van der Waals surface area contributed by atoms with Crippen molar-refractivity contribution in [3.05, 3.63) is 29.3 Å². The lowest BCUT2D eigenvalue weighted by Gasteiger charge is -2.10. The molecule has 0 unspecified atom stereocenters. The Morgan fingerprint density at radius 3 is 2.79 bits per heavy atom. The number of ether oxygens (including phenoxy) is 1. The lowest BCUT2D eigenvalue weighted by molar-refractivity contribution is -0.121. The maximum atomic E-state index is 11.5. The average Bonchev–Trinajstić information content (AvgIpc) is 2.39. The Labute approximate surface area is 116 Å². The van der Waals surface area contributed by atoms with E-state index < -0.39 is 0 Å². The van der Waals surface area contributed by atoms with Crippen molar-refractivity contribution in [2.75, 3.05) is 13.2 Å². The van der Waals surface area contributed by atoms with Crippen LogP contribution >= 0.6 is 0 Å². The van der Waals surface area contributed by atoms with Gasteiger partial charge in [-0.25, -0.2) is 0 Å². The molecule has 3 heteroatoms. The molecule has 0 aliphatic heterocycles. The van der Waals surface area contributed by atoms with E-state index in [2.05, 4.69) is 32.2 Å². The summed E-state index contributed by atoms with van der Waals surface area (Å²) in [4.78, 5) is 11.5. The highest BCUT2D eigenvalue weighted by Crippen LogP contribution is 2.20. The van der Waals surface area contributed by atoms with E-state index in [1.165, 1.54) is 11.1 Å². The molecule has 0 saturated carbocycles. The second kappa shape index (κ2) is 8.57. The van der Waals surface area contributed by atoms with Crippen LogP contribution in [0.5, 0.6) is 5.75 Å². The Balaban J connectivity index is 2.20. The lowest BCUT2D eigenvalue weighted by atomic mass is 10.1. The van der Waals surface area contributed by atoms with E-state index in [4.69, 9.17) is 4.74 Å². The summed E-state index contributed by atoms with van der Waals surface area (Å²) < 4.78 is 5.71. The van der Waals surface area contributed by atoms with E-state index in [0.29, 0.717) is 13.0 Å². The summed E-state index contributed by atoms with van der Waals surface area (Å²) in [5.41, 5.74) is 2.41. The van der Waals surface area contributed by atoms with Gasteiger partial charge in [0.25, 0.3) is 0 Å². The summed E-state index contributed by atoms with van der Waals surface area (Å²) >= 11 is 0. The van der Waals surface area contributed by atoms with Gasteiger partial charge in [0, 0.05) is 13.0 Å². The number of hydrogen-bond acceptors (Lipinski definition) is 2. The molecule has 1 rings (SSSR count). The molecule has 0 aliphatic rings. The molecule has 0 atom stereocenters. The minimum atomic E-state index is 0.123. The van der Waals surface area contributed by atoms with E-state index >= 15 is 0 Å². The van der Waals surface area contributed by atoms with Gasteiger partial charge in [-0.3, -0.25) is 4.79 Å². The fraction of sp³-hybridized carbons (Fsp3) is 0.562. The fourth-order valence-corrected chi connectivity index (χ4v) is 1.79. The first-order valence-corrected chi connectivity index (χ1v) is 7.11. The third-order valence-electron chi connectivity index (χ3n) is 3.21. The van der Waals surface area contributed by atoms with Crippen LogP contribution in [0.1, 0.15) is 43.7 Å². The molecule has 0 saturated heterocycles. The molecule has 106 valence electrons. The summed E-state index contributed by atoms with van der Waals surface area (Å²) in [6, 6.07) is 6.04. The Hall–Kier alpha value is -1.51. The van der Waals surface area contributed by atoms with Crippen molar-refractivity contribution < 1.29 is 9.53 Å². The minimum Gasteiger partial charge on any atom is -0.493 e. The number of carbonyl (C=O) groups is 1.